The van der Waals surface area contributed by atoms with E-state index in [4.69, 9.17) is 11.6 Å². The molecule has 11 heteroatoms. The van der Waals surface area contributed by atoms with E-state index in [0.29, 0.717) is 21.4 Å². The number of hydrogen-bond acceptors (Lipinski definition) is 5. The fourth-order valence-electron chi connectivity index (χ4n) is 3.07. The quantitative estimate of drug-likeness (QED) is 0.653. The number of rotatable bonds is 4. The van der Waals surface area contributed by atoms with Crippen LogP contribution in [0.1, 0.15) is 5.56 Å². The monoisotopic (exact) mass is 436 g/mol. The standard InChI is InChI=1S/C18H14ClFN4O4S/c19-13-3-1-2-11(6-13)8-23-9-12(7-21-23)14-4-5-15(25)18(17(14)20)24-10-16(26)22-29(24,27)28/h1-7,9,25H,8,10H2,(H,22,26). The molecule has 1 aliphatic heterocycles. The van der Waals surface area contributed by atoms with E-state index < -0.39 is 39.9 Å². The summed E-state index contributed by atoms with van der Waals surface area (Å²) in [5.41, 5.74) is 0.710. The zero-order valence-electron chi connectivity index (χ0n) is 14.7. The summed E-state index contributed by atoms with van der Waals surface area (Å²) in [4.78, 5) is 11.5. The third kappa shape index (κ3) is 3.64. The van der Waals surface area contributed by atoms with Crippen LogP contribution in [0.25, 0.3) is 11.1 Å². The Kier molecular flexibility index (Phi) is 4.67. The smallest absolute Gasteiger partial charge is 0.326 e. The number of carbonyl (C=O) groups excluding carboxylic acids is 1. The lowest BCUT2D eigenvalue weighted by Gasteiger charge is -2.18. The molecule has 0 saturated carbocycles. The average molecular weight is 437 g/mol. The van der Waals surface area contributed by atoms with E-state index in [1.165, 1.54) is 18.3 Å². The van der Waals surface area contributed by atoms with E-state index in [9.17, 15) is 18.3 Å². The van der Waals surface area contributed by atoms with Gasteiger partial charge in [-0.05, 0) is 29.8 Å². The first-order valence-corrected chi connectivity index (χ1v) is 10.2. The zero-order chi connectivity index (χ0) is 20.8. The number of nitrogens with one attached hydrogen (secondary N) is 1. The van der Waals surface area contributed by atoms with E-state index in [1.807, 2.05) is 6.07 Å². The predicted molar refractivity (Wildman–Crippen MR) is 104 cm³/mol. The van der Waals surface area contributed by atoms with Crippen molar-refractivity contribution in [3.05, 3.63) is 65.2 Å². The van der Waals surface area contributed by atoms with Crippen LogP contribution in [0.5, 0.6) is 5.75 Å². The molecule has 1 saturated heterocycles. The van der Waals surface area contributed by atoms with Crippen LogP contribution < -0.4 is 9.03 Å². The van der Waals surface area contributed by atoms with Crippen molar-refractivity contribution < 1.29 is 22.7 Å². The maximum Gasteiger partial charge on any atom is 0.326 e. The van der Waals surface area contributed by atoms with Crippen molar-refractivity contribution in [1.82, 2.24) is 14.5 Å². The van der Waals surface area contributed by atoms with Gasteiger partial charge in [0.1, 0.15) is 18.0 Å². The van der Waals surface area contributed by atoms with Crippen molar-refractivity contribution in [2.24, 2.45) is 0 Å². The second kappa shape index (κ2) is 7.05. The maximum absolute atomic E-state index is 15.2. The van der Waals surface area contributed by atoms with Crippen LogP contribution in [-0.4, -0.2) is 35.8 Å². The topological polar surface area (TPSA) is 105 Å². The number of nitrogens with zero attached hydrogens (tertiary/aromatic N) is 3. The van der Waals surface area contributed by atoms with Crippen molar-refractivity contribution >= 4 is 33.4 Å². The predicted octanol–water partition coefficient (Wildman–Crippen LogP) is 2.28. The largest absolute Gasteiger partial charge is 0.506 e. The van der Waals surface area contributed by atoms with Crippen LogP contribution in [0.2, 0.25) is 5.02 Å². The zero-order valence-corrected chi connectivity index (χ0v) is 16.3. The molecule has 2 aromatic carbocycles. The minimum atomic E-state index is -4.27. The number of anilines is 1. The molecule has 0 radical (unpaired) electrons. The van der Waals surface area contributed by atoms with Gasteiger partial charge >= 0.3 is 10.2 Å². The summed E-state index contributed by atoms with van der Waals surface area (Å²) in [7, 11) is -4.27. The highest BCUT2D eigenvalue weighted by molar-refractivity contribution is 7.92. The molecule has 1 aromatic heterocycles. The van der Waals surface area contributed by atoms with Gasteiger partial charge in [0.2, 0.25) is 0 Å². The Morgan fingerprint density at radius 3 is 2.76 bits per heavy atom. The molecule has 1 fully saturated rings. The summed E-state index contributed by atoms with van der Waals surface area (Å²) in [6.45, 7) is -0.226. The van der Waals surface area contributed by atoms with E-state index in [0.717, 1.165) is 5.56 Å². The van der Waals surface area contributed by atoms with Gasteiger partial charge in [0, 0.05) is 22.3 Å². The number of hydrogen-bond donors (Lipinski definition) is 2. The number of aromatic nitrogens is 2. The normalized spacial score (nSPS) is 15.5. The highest BCUT2D eigenvalue weighted by Crippen LogP contribution is 2.38. The molecule has 2 N–H and O–H groups in total. The average Bonchev–Trinajstić information content (AvgIpc) is 3.18. The third-order valence-electron chi connectivity index (χ3n) is 4.34. The van der Waals surface area contributed by atoms with E-state index >= 15 is 4.39 Å². The van der Waals surface area contributed by atoms with E-state index in [1.54, 1.807) is 33.8 Å². The van der Waals surface area contributed by atoms with Gasteiger partial charge in [0.05, 0.1) is 12.7 Å². The van der Waals surface area contributed by atoms with Crippen LogP contribution in [-0.2, 0) is 21.5 Å². The molecule has 0 atom stereocenters. The molecule has 29 heavy (non-hydrogen) atoms. The summed E-state index contributed by atoms with van der Waals surface area (Å²) in [6, 6.07) is 9.69. The first-order chi connectivity index (χ1) is 13.7. The van der Waals surface area contributed by atoms with Crippen molar-refractivity contribution in [1.29, 1.82) is 0 Å². The van der Waals surface area contributed by atoms with Gasteiger partial charge in [-0.15, -0.1) is 0 Å². The van der Waals surface area contributed by atoms with Crippen molar-refractivity contribution in [2.75, 3.05) is 10.8 Å². The van der Waals surface area contributed by atoms with Crippen LogP contribution in [0.4, 0.5) is 10.1 Å². The fourth-order valence-corrected chi connectivity index (χ4v) is 4.45. The molecule has 0 bridgehead atoms. The molecule has 0 aliphatic carbocycles. The second-order valence-corrected chi connectivity index (χ2v) is 8.42. The third-order valence-corrected chi connectivity index (χ3v) is 5.95. The molecule has 3 aromatic rings. The molecule has 1 amide bonds. The molecule has 0 spiro atoms. The highest BCUT2D eigenvalue weighted by Gasteiger charge is 2.38. The summed E-state index contributed by atoms with van der Waals surface area (Å²) in [6.07, 6.45) is 3.01. The van der Waals surface area contributed by atoms with Gasteiger partial charge < -0.3 is 5.11 Å². The first kappa shape index (κ1) is 19.2. The SMILES string of the molecule is O=C1CN(c2c(O)ccc(-c3cnn(Cc4cccc(Cl)c4)c3)c2F)S(=O)(=O)N1. The van der Waals surface area contributed by atoms with Crippen LogP contribution in [0.15, 0.2) is 48.8 Å². The Labute approximate surface area is 170 Å². The first-order valence-electron chi connectivity index (χ1n) is 8.36. The van der Waals surface area contributed by atoms with Crippen molar-refractivity contribution in [3.63, 3.8) is 0 Å². The number of phenols is 1. The fraction of sp³-hybridized carbons (Fsp3) is 0.111. The van der Waals surface area contributed by atoms with E-state index in [2.05, 4.69) is 5.10 Å². The lowest BCUT2D eigenvalue weighted by atomic mass is 10.1. The Balaban J connectivity index is 1.70. The maximum atomic E-state index is 15.2. The molecule has 1 aliphatic rings. The van der Waals surface area contributed by atoms with Crippen molar-refractivity contribution in [2.45, 2.75) is 6.54 Å². The van der Waals surface area contributed by atoms with Crippen LogP contribution in [0, 0.1) is 5.82 Å². The van der Waals surface area contributed by atoms with Gasteiger partial charge in [0.15, 0.2) is 5.82 Å². The molecule has 4 rings (SSSR count). The van der Waals surface area contributed by atoms with Gasteiger partial charge in [-0.2, -0.15) is 13.5 Å². The van der Waals surface area contributed by atoms with E-state index in [-0.39, 0.29) is 5.56 Å². The summed E-state index contributed by atoms with van der Waals surface area (Å²) in [5.74, 6) is -2.39. The summed E-state index contributed by atoms with van der Waals surface area (Å²) >= 11 is 5.97. The second-order valence-electron chi connectivity index (χ2n) is 6.39. The number of halogens is 2. The minimum Gasteiger partial charge on any atom is -0.506 e. The molecular weight excluding hydrogens is 423 g/mol. The Bertz CT molecular complexity index is 1230. The Morgan fingerprint density at radius 1 is 1.28 bits per heavy atom. The highest BCUT2D eigenvalue weighted by atomic mass is 35.5. The summed E-state index contributed by atoms with van der Waals surface area (Å²) in [5, 5.41) is 14.8. The molecule has 2 heterocycles. The molecule has 8 nitrogen and oxygen atoms in total. The number of aromatic hydroxyl groups is 1. The minimum absolute atomic E-state index is 0.0321. The van der Waals surface area contributed by atoms with Crippen LogP contribution in [0.3, 0.4) is 0 Å². The number of benzene rings is 2. The molecular formula is C18H14ClFN4O4S. The van der Waals surface area contributed by atoms with Crippen LogP contribution >= 0.6 is 11.6 Å². The Hall–Kier alpha value is -3.11. The number of phenolic OH excluding ortho intramolecular Hbond substituents is 1. The van der Waals surface area contributed by atoms with Gasteiger partial charge in [0.25, 0.3) is 5.91 Å². The molecule has 150 valence electrons. The lowest BCUT2D eigenvalue weighted by molar-refractivity contribution is -0.117. The van der Waals surface area contributed by atoms with Gasteiger partial charge in [-0.25, -0.2) is 13.4 Å². The lowest BCUT2D eigenvalue weighted by Crippen LogP contribution is -2.30. The molecule has 0 unspecified atom stereocenters. The Morgan fingerprint density at radius 2 is 2.07 bits per heavy atom. The number of amides is 1. The van der Waals surface area contributed by atoms with Crippen molar-refractivity contribution in [3.8, 4) is 16.9 Å². The van der Waals surface area contributed by atoms with Gasteiger partial charge in [-0.1, -0.05) is 23.7 Å². The number of carbonyl (C=O) groups is 1. The summed E-state index contributed by atoms with van der Waals surface area (Å²) < 4.78 is 43.1. The van der Waals surface area contributed by atoms with Gasteiger partial charge in [-0.3, -0.25) is 9.48 Å².